The molecule has 3 heterocycles. The molecule has 29 heavy (non-hydrogen) atoms. The van der Waals surface area contributed by atoms with Gasteiger partial charge in [-0.05, 0) is 25.1 Å². The number of aryl methyl sites for hydroxylation is 1. The van der Waals surface area contributed by atoms with Crippen LogP contribution in [0.5, 0.6) is 5.75 Å². The van der Waals surface area contributed by atoms with E-state index in [4.69, 9.17) is 9.15 Å². The minimum Gasteiger partial charge on any atom is -0.490 e. The summed E-state index contributed by atoms with van der Waals surface area (Å²) in [7, 11) is 1.40. The van der Waals surface area contributed by atoms with Gasteiger partial charge in [0.2, 0.25) is 10.8 Å². The molecule has 5 rings (SSSR count). The number of methoxy groups -OCH3 is 1. The van der Waals surface area contributed by atoms with E-state index in [1.54, 1.807) is 16.6 Å². The largest absolute Gasteiger partial charge is 0.490 e. The van der Waals surface area contributed by atoms with E-state index in [0.29, 0.717) is 27.1 Å². The van der Waals surface area contributed by atoms with Crippen LogP contribution in [0.4, 0.5) is 5.69 Å². The van der Waals surface area contributed by atoms with Crippen molar-refractivity contribution in [1.82, 2.24) is 19.8 Å². The van der Waals surface area contributed by atoms with Crippen LogP contribution in [-0.2, 0) is 0 Å². The van der Waals surface area contributed by atoms with Gasteiger partial charge in [0, 0.05) is 22.6 Å². The lowest BCUT2D eigenvalue weighted by Gasteiger charge is -2.02. The van der Waals surface area contributed by atoms with Gasteiger partial charge in [-0.3, -0.25) is 10.1 Å². The molecule has 0 aliphatic rings. The Kier molecular flexibility index (Phi) is 3.81. The molecule has 0 aliphatic carbocycles. The lowest BCUT2D eigenvalue weighted by Crippen LogP contribution is -1.95. The average Bonchev–Trinajstić information content (AvgIpc) is 3.40. The first-order valence-electron chi connectivity index (χ1n) is 8.60. The number of rotatable bonds is 4. The van der Waals surface area contributed by atoms with E-state index < -0.39 is 4.92 Å². The normalized spacial score (nSPS) is 11.4. The molecule has 0 aliphatic heterocycles. The number of furan rings is 1. The van der Waals surface area contributed by atoms with Crippen LogP contribution in [-0.4, -0.2) is 31.8 Å². The number of aromatic nitrogens is 4. The van der Waals surface area contributed by atoms with Crippen molar-refractivity contribution in [3.63, 3.8) is 0 Å². The SMILES string of the molecule is COc1ccc(-c2nn3c(-c4oc5ccccc5c4C)nnc3s2)cc1[N+](=O)[O-]. The molecule has 0 fully saturated rings. The first-order valence-corrected chi connectivity index (χ1v) is 9.42. The molecule has 5 aromatic rings. The maximum absolute atomic E-state index is 11.3. The van der Waals surface area contributed by atoms with E-state index in [1.807, 2.05) is 31.2 Å². The van der Waals surface area contributed by atoms with Gasteiger partial charge in [0.15, 0.2) is 11.5 Å². The van der Waals surface area contributed by atoms with E-state index in [0.717, 1.165) is 16.5 Å². The molecule has 0 spiro atoms. The molecule has 0 amide bonds. The quantitative estimate of drug-likeness (QED) is 0.319. The van der Waals surface area contributed by atoms with Gasteiger partial charge >= 0.3 is 5.69 Å². The molecule has 0 bridgehead atoms. The predicted molar refractivity (Wildman–Crippen MR) is 107 cm³/mol. The van der Waals surface area contributed by atoms with Gasteiger partial charge in [-0.2, -0.15) is 9.61 Å². The number of para-hydroxylation sites is 1. The summed E-state index contributed by atoms with van der Waals surface area (Å²) in [6.45, 7) is 1.96. The smallest absolute Gasteiger partial charge is 0.311 e. The summed E-state index contributed by atoms with van der Waals surface area (Å²) < 4.78 is 12.6. The van der Waals surface area contributed by atoms with Crippen LogP contribution in [0.3, 0.4) is 0 Å². The first-order chi connectivity index (χ1) is 14.1. The Bertz CT molecular complexity index is 1400. The van der Waals surface area contributed by atoms with Gasteiger partial charge in [-0.1, -0.05) is 29.5 Å². The molecule has 9 nitrogen and oxygen atoms in total. The molecule has 3 aromatic heterocycles. The second-order valence-electron chi connectivity index (χ2n) is 6.32. The Morgan fingerprint density at radius 3 is 2.79 bits per heavy atom. The molecular formula is C19H13N5O4S. The van der Waals surface area contributed by atoms with Crippen LogP contribution < -0.4 is 4.74 Å². The monoisotopic (exact) mass is 407 g/mol. The third-order valence-electron chi connectivity index (χ3n) is 4.66. The molecule has 2 aromatic carbocycles. The highest BCUT2D eigenvalue weighted by molar-refractivity contribution is 7.19. The Labute approximate surface area is 167 Å². The van der Waals surface area contributed by atoms with Crippen LogP contribution in [0.15, 0.2) is 46.9 Å². The zero-order chi connectivity index (χ0) is 20.1. The van der Waals surface area contributed by atoms with Crippen LogP contribution in [0.1, 0.15) is 5.56 Å². The molecule has 10 heteroatoms. The molecule has 0 unspecified atom stereocenters. The number of hydrogen-bond donors (Lipinski definition) is 0. The number of benzene rings is 2. The second-order valence-corrected chi connectivity index (χ2v) is 7.28. The fourth-order valence-electron chi connectivity index (χ4n) is 3.23. The summed E-state index contributed by atoms with van der Waals surface area (Å²) in [5.74, 6) is 1.27. The van der Waals surface area contributed by atoms with Gasteiger partial charge in [0.1, 0.15) is 10.6 Å². The Hall–Kier alpha value is -3.79. The summed E-state index contributed by atoms with van der Waals surface area (Å²) in [5, 5.41) is 25.9. The van der Waals surface area contributed by atoms with Gasteiger partial charge in [-0.15, -0.1) is 10.2 Å². The summed E-state index contributed by atoms with van der Waals surface area (Å²) >= 11 is 1.29. The minimum absolute atomic E-state index is 0.121. The predicted octanol–water partition coefficient (Wildman–Crippen LogP) is 4.49. The molecule has 0 saturated heterocycles. The molecule has 0 atom stereocenters. The van der Waals surface area contributed by atoms with Crippen molar-refractivity contribution in [2.75, 3.05) is 7.11 Å². The van der Waals surface area contributed by atoms with Crippen LogP contribution >= 0.6 is 11.3 Å². The number of ether oxygens (including phenoxy) is 1. The molecule has 0 saturated carbocycles. The lowest BCUT2D eigenvalue weighted by molar-refractivity contribution is -0.385. The topological polar surface area (TPSA) is 109 Å². The average molecular weight is 407 g/mol. The van der Waals surface area contributed by atoms with E-state index in [9.17, 15) is 10.1 Å². The van der Waals surface area contributed by atoms with Crippen LogP contribution in [0.2, 0.25) is 0 Å². The molecule has 0 radical (unpaired) electrons. The Morgan fingerprint density at radius 1 is 1.21 bits per heavy atom. The lowest BCUT2D eigenvalue weighted by atomic mass is 10.1. The fourth-order valence-corrected chi connectivity index (χ4v) is 4.06. The second kappa shape index (κ2) is 6.38. The van der Waals surface area contributed by atoms with Gasteiger partial charge in [-0.25, -0.2) is 0 Å². The zero-order valence-corrected chi connectivity index (χ0v) is 16.1. The van der Waals surface area contributed by atoms with Gasteiger partial charge in [0.25, 0.3) is 0 Å². The summed E-state index contributed by atoms with van der Waals surface area (Å²) in [5.41, 5.74) is 2.19. The van der Waals surface area contributed by atoms with Crippen molar-refractivity contribution in [1.29, 1.82) is 0 Å². The zero-order valence-electron chi connectivity index (χ0n) is 15.3. The van der Waals surface area contributed by atoms with Crippen LogP contribution in [0, 0.1) is 17.0 Å². The highest BCUT2D eigenvalue weighted by Gasteiger charge is 2.22. The van der Waals surface area contributed by atoms with Gasteiger partial charge in [0.05, 0.1) is 12.0 Å². The summed E-state index contributed by atoms with van der Waals surface area (Å²) in [6.07, 6.45) is 0. The van der Waals surface area contributed by atoms with Gasteiger partial charge < -0.3 is 9.15 Å². The maximum atomic E-state index is 11.3. The summed E-state index contributed by atoms with van der Waals surface area (Å²) in [4.78, 5) is 11.4. The number of hydrogen-bond acceptors (Lipinski definition) is 8. The van der Waals surface area contributed by atoms with Crippen molar-refractivity contribution in [3.8, 4) is 27.9 Å². The number of nitro benzene ring substituents is 1. The minimum atomic E-state index is -0.480. The Balaban J connectivity index is 1.65. The highest BCUT2D eigenvalue weighted by Crippen LogP contribution is 2.36. The van der Waals surface area contributed by atoms with E-state index in [1.165, 1.54) is 24.5 Å². The number of nitrogens with zero attached hydrogens (tertiary/aromatic N) is 5. The molecular weight excluding hydrogens is 394 g/mol. The number of nitro groups is 1. The molecule has 144 valence electrons. The van der Waals surface area contributed by atoms with E-state index in [-0.39, 0.29) is 11.4 Å². The van der Waals surface area contributed by atoms with E-state index >= 15 is 0 Å². The van der Waals surface area contributed by atoms with Crippen molar-refractivity contribution >= 4 is 33.0 Å². The van der Waals surface area contributed by atoms with Crippen LogP contribution in [0.25, 0.3) is 38.1 Å². The third-order valence-corrected chi connectivity index (χ3v) is 5.61. The summed E-state index contributed by atoms with van der Waals surface area (Å²) in [6, 6.07) is 12.5. The van der Waals surface area contributed by atoms with E-state index in [2.05, 4.69) is 15.3 Å². The fraction of sp³-hybridized carbons (Fsp3) is 0.105. The highest BCUT2D eigenvalue weighted by atomic mass is 32.1. The molecule has 0 N–H and O–H groups in total. The standard InChI is InChI=1S/C19H13N5O4S/c1-10-12-5-3-4-6-14(12)28-16(10)17-20-21-19-23(17)22-18(29-19)11-7-8-15(27-2)13(9-11)24(25)26/h3-9H,1-2H3. The third kappa shape index (κ3) is 2.64. The van der Waals surface area contributed by atoms with Crippen molar-refractivity contribution in [2.45, 2.75) is 6.92 Å². The Morgan fingerprint density at radius 2 is 2.03 bits per heavy atom. The first kappa shape index (κ1) is 17.3. The maximum Gasteiger partial charge on any atom is 0.311 e. The van der Waals surface area contributed by atoms with Crippen molar-refractivity contribution in [2.24, 2.45) is 0 Å². The number of fused-ring (bicyclic) bond motifs is 2. The van der Waals surface area contributed by atoms with Crippen molar-refractivity contribution < 1.29 is 14.1 Å². The van der Waals surface area contributed by atoms with Crippen molar-refractivity contribution in [3.05, 3.63) is 58.1 Å².